The number of esters is 1. The summed E-state index contributed by atoms with van der Waals surface area (Å²) in [5.74, 6) is -5.38. The Morgan fingerprint density at radius 1 is 1.45 bits per heavy atom. The number of Topliss-reactive ketones (excluding diaryl/α,β-unsaturated/α-hetero) is 2. The summed E-state index contributed by atoms with van der Waals surface area (Å²) in [5, 5.41) is 10.3. The van der Waals surface area contributed by atoms with E-state index in [1.165, 1.54) is 7.11 Å². The lowest BCUT2D eigenvalue weighted by Gasteiger charge is -2.37. The first-order valence-corrected chi connectivity index (χ1v) is 6.04. The van der Waals surface area contributed by atoms with Crippen molar-refractivity contribution >= 4 is 29.7 Å². The molecule has 7 nitrogen and oxygen atoms in total. The van der Waals surface area contributed by atoms with Gasteiger partial charge in [-0.1, -0.05) is 13.8 Å². The average molecular weight is 282 g/mol. The van der Waals surface area contributed by atoms with Crippen LogP contribution in [0.15, 0.2) is 4.99 Å². The number of carbonyl (C=O) groups excluding carboxylic acids is 4. The van der Waals surface area contributed by atoms with E-state index in [4.69, 9.17) is 0 Å². The predicted molar refractivity (Wildman–Crippen MR) is 65.8 cm³/mol. The van der Waals surface area contributed by atoms with Gasteiger partial charge in [-0.25, -0.2) is 0 Å². The molecule has 1 saturated carbocycles. The molecule has 7 heteroatoms. The second kappa shape index (κ2) is 5.94. The lowest BCUT2D eigenvalue weighted by molar-refractivity contribution is -0.303. The van der Waals surface area contributed by atoms with E-state index in [1.807, 2.05) is 0 Å². The normalized spacial score (nSPS) is 25.8. The summed E-state index contributed by atoms with van der Waals surface area (Å²) in [6.45, 7) is 2.64. The number of carbonyl (C=O) groups is 4. The molecule has 0 aromatic carbocycles. The van der Waals surface area contributed by atoms with Crippen molar-refractivity contribution < 1.29 is 29.0 Å². The van der Waals surface area contributed by atoms with E-state index in [-0.39, 0.29) is 12.2 Å². The third kappa shape index (κ3) is 3.28. The molecule has 1 aliphatic carbocycles. The standard InChI is InChI=1S/C13H17NO6/c1-13(2)4-8(15)7(5-14-6-9(16)17)11(18)10(13)12(19)20-3/h5,7,10H,4,6H2,1-3H3,(H,16,17)/p-1/t7-,10-/m0/s1. The molecule has 20 heavy (non-hydrogen) atoms. The first-order chi connectivity index (χ1) is 9.20. The van der Waals surface area contributed by atoms with Crippen LogP contribution >= 0.6 is 0 Å². The topological polar surface area (TPSA) is 113 Å². The van der Waals surface area contributed by atoms with Crippen LogP contribution in [-0.4, -0.2) is 43.4 Å². The van der Waals surface area contributed by atoms with Crippen LogP contribution in [0.25, 0.3) is 0 Å². The number of carboxylic acids is 1. The van der Waals surface area contributed by atoms with Gasteiger partial charge >= 0.3 is 5.97 Å². The lowest BCUT2D eigenvalue weighted by Crippen LogP contribution is -2.50. The Hall–Kier alpha value is -2.05. The van der Waals surface area contributed by atoms with Crippen molar-refractivity contribution in [1.82, 2.24) is 0 Å². The highest BCUT2D eigenvalue weighted by Crippen LogP contribution is 2.39. The lowest BCUT2D eigenvalue weighted by atomic mass is 9.64. The fraction of sp³-hybridized carbons (Fsp3) is 0.615. The number of methoxy groups -OCH3 is 1. The quantitative estimate of drug-likeness (QED) is 0.363. The second-order valence-electron chi connectivity index (χ2n) is 5.33. The molecule has 0 aliphatic heterocycles. The molecule has 2 atom stereocenters. The molecule has 1 aliphatic rings. The number of carboxylic acid groups (broad SMARTS) is 1. The third-order valence-electron chi connectivity index (χ3n) is 3.26. The molecule has 0 radical (unpaired) electrons. The molecule has 0 amide bonds. The van der Waals surface area contributed by atoms with Crippen molar-refractivity contribution in [3.8, 4) is 0 Å². The van der Waals surface area contributed by atoms with E-state index in [2.05, 4.69) is 9.73 Å². The maximum absolute atomic E-state index is 12.3. The summed E-state index contributed by atoms with van der Waals surface area (Å²) in [7, 11) is 1.17. The van der Waals surface area contributed by atoms with E-state index in [9.17, 15) is 24.3 Å². The second-order valence-corrected chi connectivity index (χ2v) is 5.33. The van der Waals surface area contributed by atoms with Gasteiger partial charge in [-0.3, -0.25) is 19.4 Å². The summed E-state index contributed by atoms with van der Waals surface area (Å²) < 4.78 is 4.60. The molecule has 1 rings (SSSR count). The van der Waals surface area contributed by atoms with Crippen molar-refractivity contribution in [2.24, 2.45) is 22.2 Å². The molecule has 0 spiro atoms. The first kappa shape index (κ1) is 16.0. The number of ether oxygens (including phenoxy) is 1. The molecule has 0 unspecified atom stereocenters. The largest absolute Gasteiger partial charge is 0.548 e. The Morgan fingerprint density at radius 2 is 2.05 bits per heavy atom. The third-order valence-corrected chi connectivity index (χ3v) is 3.26. The number of aliphatic carboxylic acids is 1. The summed E-state index contributed by atoms with van der Waals surface area (Å²) in [6.07, 6.45) is 0.992. The first-order valence-electron chi connectivity index (χ1n) is 6.04. The zero-order chi connectivity index (χ0) is 15.5. The van der Waals surface area contributed by atoms with Gasteiger partial charge in [0.05, 0.1) is 19.6 Å². The van der Waals surface area contributed by atoms with Crippen molar-refractivity contribution in [1.29, 1.82) is 0 Å². The fourth-order valence-electron chi connectivity index (χ4n) is 2.33. The minimum Gasteiger partial charge on any atom is -0.548 e. The van der Waals surface area contributed by atoms with Crippen molar-refractivity contribution in [2.45, 2.75) is 20.3 Å². The smallest absolute Gasteiger partial charge is 0.316 e. The minimum atomic E-state index is -1.41. The molecule has 0 aromatic rings. The van der Waals surface area contributed by atoms with E-state index < -0.39 is 41.5 Å². The Kier molecular flexibility index (Phi) is 4.75. The fourth-order valence-corrected chi connectivity index (χ4v) is 2.33. The van der Waals surface area contributed by atoms with Crippen LogP contribution in [0.2, 0.25) is 0 Å². The zero-order valence-electron chi connectivity index (χ0n) is 11.5. The number of hydrogen-bond acceptors (Lipinski definition) is 7. The number of hydrogen-bond donors (Lipinski definition) is 0. The van der Waals surface area contributed by atoms with E-state index in [0.717, 1.165) is 6.21 Å². The number of ketones is 2. The molecule has 1 fully saturated rings. The predicted octanol–water partition coefficient (Wildman–Crippen LogP) is -1.22. The van der Waals surface area contributed by atoms with Crippen molar-refractivity contribution in [3.05, 3.63) is 0 Å². The number of nitrogens with zero attached hydrogens (tertiary/aromatic N) is 1. The summed E-state index contributed by atoms with van der Waals surface area (Å²) >= 11 is 0. The summed E-state index contributed by atoms with van der Waals surface area (Å²) in [4.78, 5) is 49.6. The summed E-state index contributed by atoms with van der Waals surface area (Å²) in [6, 6.07) is 0. The SMILES string of the molecule is COC(=O)[C@@H]1C(=O)[C@@H](C=NCC(=O)[O-])C(=O)CC1(C)C. The maximum Gasteiger partial charge on any atom is 0.316 e. The van der Waals surface area contributed by atoms with Gasteiger partial charge in [-0.05, 0) is 5.41 Å². The minimum absolute atomic E-state index is 0.0144. The average Bonchev–Trinajstić information content (AvgIpc) is 2.31. The van der Waals surface area contributed by atoms with Crippen LogP contribution in [0.3, 0.4) is 0 Å². The van der Waals surface area contributed by atoms with E-state index >= 15 is 0 Å². The molecule has 0 aromatic heterocycles. The summed E-state index contributed by atoms with van der Waals surface area (Å²) in [5.41, 5.74) is -0.833. The van der Waals surface area contributed by atoms with Crippen LogP contribution in [0.1, 0.15) is 20.3 Å². The van der Waals surface area contributed by atoms with Crippen LogP contribution in [-0.2, 0) is 23.9 Å². The van der Waals surface area contributed by atoms with Gasteiger partial charge in [-0.15, -0.1) is 0 Å². The van der Waals surface area contributed by atoms with Gasteiger partial charge in [0.1, 0.15) is 17.6 Å². The van der Waals surface area contributed by atoms with Crippen LogP contribution < -0.4 is 5.11 Å². The van der Waals surface area contributed by atoms with Gasteiger partial charge in [0.2, 0.25) is 0 Å². The van der Waals surface area contributed by atoms with Gasteiger partial charge in [0, 0.05) is 12.6 Å². The van der Waals surface area contributed by atoms with Gasteiger partial charge in [-0.2, -0.15) is 0 Å². The van der Waals surface area contributed by atoms with E-state index in [1.54, 1.807) is 13.8 Å². The molecule has 110 valence electrons. The Balaban J connectivity index is 3.01. The zero-order valence-corrected chi connectivity index (χ0v) is 11.5. The maximum atomic E-state index is 12.3. The Bertz CT molecular complexity index is 479. The van der Waals surface area contributed by atoms with E-state index in [0.29, 0.717) is 0 Å². The van der Waals surface area contributed by atoms with Gasteiger partial charge in [0.25, 0.3) is 0 Å². The monoisotopic (exact) mass is 282 g/mol. The van der Waals surface area contributed by atoms with Crippen LogP contribution in [0.5, 0.6) is 0 Å². The highest BCUT2D eigenvalue weighted by atomic mass is 16.5. The molecule has 0 N–H and O–H groups in total. The molecular formula is C13H16NO6-. The molecule has 0 bridgehead atoms. The highest BCUT2D eigenvalue weighted by Gasteiger charge is 2.51. The number of rotatable bonds is 4. The highest BCUT2D eigenvalue weighted by molar-refractivity contribution is 6.21. The Labute approximate surface area is 116 Å². The molecule has 0 heterocycles. The Morgan fingerprint density at radius 3 is 2.55 bits per heavy atom. The van der Waals surface area contributed by atoms with Gasteiger partial charge < -0.3 is 14.6 Å². The number of aliphatic imine (C=N–C) groups is 1. The van der Waals surface area contributed by atoms with Gasteiger partial charge in [0.15, 0.2) is 5.78 Å². The molecular weight excluding hydrogens is 266 g/mol. The van der Waals surface area contributed by atoms with Crippen molar-refractivity contribution in [2.75, 3.05) is 13.7 Å². The van der Waals surface area contributed by atoms with Crippen molar-refractivity contribution in [3.63, 3.8) is 0 Å². The van der Waals surface area contributed by atoms with Crippen LogP contribution in [0.4, 0.5) is 0 Å². The van der Waals surface area contributed by atoms with Crippen LogP contribution in [0, 0.1) is 17.3 Å². The molecule has 0 saturated heterocycles.